The lowest BCUT2D eigenvalue weighted by Crippen LogP contribution is -2.36. The van der Waals surface area contributed by atoms with Crippen molar-refractivity contribution in [1.29, 1.82) is 0 Å². The largest absolute Gasteiger partial charge is 0.317 e. The molecular weight excluding hydrogens is 182 g/mol. The van der Waals surface area contributed by atoms with Crippen molar-refractivity contribution < 1.29 is 0 Å². The monoisotopic (exact) mass is 209 g/mol. The van der Waals surface area contributed by atoms with Crippen LogP contribution in [0, 0.1) is 23.7 Å². The van der Waals surface area contributed by atoms with Crippen LogP contribution in [-0.4, -0.2) is 13.1 Å². The molecule has 1 aliphatic heterocycles. The van der Waals surface area contributed by atoms with Crippen LogP contribution in [0.25, 0.3) is 0 Å². The Kier molecular flexibility index (Phi) is 4.07. The van der Waals surface area contributed by atoms with E-state index in [4.69, 9.17) is 0 Å². The van der Waals surface area contributed by atoms with Crippen LogP contribution in [0.2, 0.25) is 0 Å². The number of rotatable bonds is 3. The van der Waals surface area contributed by atoms with Crippen LogP contribution in [-0.2, 0) is 0 Å². The lowest BCUT2D eigenvalue weighted by atomic mass is 9.70. The van der Waals surface area contributed by atoms with Crippen molar-refractivity contribution in [3.63, 3.8) is 0 Å². The number of hydrogen-bond acceptors (Lipinski definition) is 1. The molecule has 0 radical (unpaired) electrons. The molecule has 1 nitrogen and oxygen atoms in total. The van der Waals surface area contributed by atoms with Gasteiger partial charge in [0.15, 0.2) is 0 Å². The summed E-state index contributed by atoms with van der Waals surface area (Å²) in [7, 11) is 0. The first-order valence-corrected chi connectivity index (χ1v) is 6.99. The maximum atomic E-state index is 3.50. The van der Waals surface area contributed by atoms with E-state index in [9.17, 15) is 0 Å². The topological polar surface area (TPSA) is 12.0 Å². The van der Waals surface area contributed by atoms with E-state index in [1.807, 2.05) is 0 Å². The van der Waals surface area contributed by atoms with Crippen molar-refractivity contribution in [3.8, 4) is 0 Å². The number of nitrogens with one attached hydrogen (secondary N) is 1. The molecule has 1 saturated carbocycles. The molecule has 1 aliphatic carbocycles. The minimum atomic E-state index is 0.899. The average Bonchev–Trinajstić information content (AvgIpc) is 2.72. The molecule has 1 atom stereocenters. The van der Waals surface area contributed by atoms with E-state index in [0.29, 0.717) is 0 Å². The van der Waals surface area contributed by atoms with Gasteiger partial charge in [0.05, 0.1) is 0 Å². The second kappa shape index (κ2) is 5.34. The molecule has 88 valence electrons. The van der Waals surface area contributed by atoms with Gasteiger partial charge in [0.1, 0.15) is 0 Å². The first kappa shape index (κ1) is 11.4. The molecule has 0 bridgehead atoms. The fourth-order valence-electron chi connectivity index (χ4n) is 4.05. The Balaban J connectivity index is 1.97. The van der Waals surface area contributed by atoms with E-state index < -0.39 is 0 Å². The molecule has 2 rings (SSSR count). The van der Waals surface area contributed by atoms with E-state index in [2.05, 4.69) is 19.2 Å². The van der Waals surface area contributed by atoms with E-state index in [1.165, 1.54) is 51.6 Å². The van der Waals surface area contributed by atoms with Gasteiger partial charge >= 0.3 is 0 Å². The maximum Gasteiger partial charge on any atom is -0.00462 e. The minimum absolute atomic E-state index is 0.899. The molecule has 15 heavy (non-hydrogen) atoms. The molecule has 0 aromatic heterocycles. The van der Waals surface area contributed by atoms with Crippen molar-refractivity contribution in [3.05, 3.63) is 0 Å². The third-order valence-electron chi connectivity index (χ3n) is 4.64. The van der Waals surface area contributed by atoms with Crippen LogP contribution in [0.4, 0.5) is 0 Å². The van der Waals surface area contributed by atoms with Crippen molar-refractivity contribution >= 4 is 0 Å². The summed E-state index contributed by atoms with van der Waals surface area (Å²) in [5.41, 5.74) is 0. The van der Waals surface area contributed by atoms with Crippen LogP contribution >= 0.6 is 0 Å². The van der Waals surface area contributed by atoms with Gasteiger partial charge in [-0.1, -0.05) is 39.5 Å². The van der Waals surface area contributed by atoms with Crippen LogP contribution < -0.4 is 5.32 Å². The normalized spacial score (nSPS) is 27.4. The standard InChI is InChI=1S/C14H27N/c1-11(2)14(12-5-3-4-6-12)13-7-9-15-10-8-13/h11-15H,3-10H2,1-2H3. The van der Waals surface area contributed by atoms with Crippen LogP contribution in [0.1, 0.15) is 52.4 Å². The quantitative estimate of drug-likeness (QED) is 0.750. The average molecular weight is 209 g/mol. The van der Waals surface area contributed by atoms with Gasteiger partial charge in [0.2, 0.25) is 0 Å². The lowest BCUT2D eigenvalue weighted by molar-refractivity contribution is 0.136. The predicted octanol–water partition coefficient (Wildman–Crippen LogP) is 3.45. The molecule has 1 saturated heterocycles. The van der Waals surface area contributed by atoms with Gasteiger partial charge in [-0.3, -0.25) is 0 Å². The summed E-state index contributed by atoms with van der Waals surface area (Å²) >= 11 is 0. The van der Waals surface area contributed by atoms with Gasteiger partial charge in [-0.2, -0.15) is 0 Å². The fourth-order valence-corrected chi connectivity index (χ4v) is 4.05. The molecule has 1 unspecified atom stereocenters. The van der Waals surface area contributed by atoms with Gasteiger partial charge in [0, 0.05) is 0 Å². The molecule has 0 amide bonds. The van der Waals surface area contributed by atoms with Crippen molar-refractivity contribution in [1.82, 2.24) is 5.32 Å². The van der Waals surface area contributed by atoms with Crippen molar-refractivity contribution in [2.24, 2.45) is 23.7 Å². The summed E-state index contributed by atoms with van der Waals surface area (Å²) < 4.78 is 0. The maximum absolute atomic E-state index is 3.50. The summed E-state index contributed by atoms with van der Waals surface area (Å²) in [6.45, 7) is 7.43. The zero-order valence-electron chi connectivity index (χ0n) is 10.5. The van der Waals surface area contributed by atoms with Gasteiger partial charge < -0.3 is 5.32 Å². The van der Waals surface area contributed by atoms with E-state index in [1.54, 1.807) is 0 Å². The SMILES string of the molecule is CC(C)C(C1CCCC1)C1CCNCC1. The highest BCUT2D eigenvalue weighted by atomic mass is 14.9. The smallest absolute Gasteiger partial charge is 0.00462 e. The molecule has 0 spiro atoms. The zero-order chi connectivity index (χ0) is 10.7. The molecule has 2 fully saturated rings. The molecular formula is C14H27N. The van der Waals surface area contributed by atoms with Crippen LogP contribution in [0.5, 0.6) is 0 Å². The first-order valence-electron chi connectivity index (χ1n) is 6.99. The Morgan fingerprint density at radius 3 is 1.93 bits per heavy atom. The van der Waals surface area contributed by atoms with Gasteiger partial charge in [-0.05, 0) is 49.6 Å². The third kappa shape index (κ3) is 2.75. The third-order valence-corrected chi connectivity index (χ3v) is 4.64. The minimum Gasteiger partial charge on any atom is -0.317 e. The molecule has 1 heterocycles. The highest BCUT2D eigenvalue weighted by molar-refractivity contribution is 4.85. The second-order valence-corrected chi connectivity index (χ2v) is 5.95. The molecule has 1 heteroatoms. The molecule has 1 N–H and O–H groups in total. The fraction of sp³-hybridized carbons (Fsp3) is 1.00. The van der Waals surface area contributed by atoms with Crippen LogP contribution in [0.3, 0.4) is 0 Å². The molecule has 2 aliphatic rings. The Morgan fingerprint density at radius 2 is 1.40 bits per heavy atom. The molecule has 0 aromatic rings. The van der Waals surface area contributed by atoms with E-state index in [-0.39, 0.29) is 0 Å². The number of piperidine rings is 1. The second-order valence-electron chi connectivity index (χ2n) is 5.95. The molecule has 0 aromatic carbocycles. The van der Waals surface area contributed by atoms with Crippen molar-refractivity contribution in [2.75, 3.05) is 13.1 Å². The van der Waals surface area contributed by atoms with Gasteiger partial charge in [0.25, 0.3) is 0 Å². The summed E-state index contributed by atoms with van der Waals surface area (Å²) in [6.07, 6.45) is 8.90. The first-order chi connectivity index (χ1) is 7.29. The predicted molar refractivity (Wildman–Crippen MR) is 65.9 cm³/mol. The summed E-state index contributed by atoms with van der Waals surface area (Å²) in [5.74, 6) is 4.01. The summed E-state index contributed by atoms with van der Waals surface area (Å²) in [4.78, 5) is 0. The Bertz CT molecular complexity index is 176. The lowest BCUT2D eigenvalue weighted by Gasteiger charge is -2.37. The van der Waals surface area contributed by atoms with Crippen LogP contribution in [0.15, 0.2) is 0 Å². The Labute approximate surface area is 95.0 Å². The highest BCUT2D eigenvalue weighted by Gasteiger charge is 2.33. The zero-order valence-corrected chi connectivity index (χ0v) is 10.5. The van der Waals surface area contributed by atoms with Crippen molar-refractivity contribution in [2.45, 2.75) is 52.4 Å². The van der Waals surface area contributed by atoms with Gasteiger partial charge in [-0.25, -0.2) is 0 Å². The van der Waals surface area contributed by atoms with E-state index in [0.717, 1.165) is 23.7 Å². The Hall–Kier alpha value is -0.0400. The van der Waals surface area contributed by atoms with Gasteiger partial charge in [-0.15, -0.1) is 0 Å². The Morgan fingerprint density at radius 1 is 0.867 bits per heavy atom. The number of hydrogen-bond donors (Lipinski definition) is 1. The highest BCUT2D eigenvalue weighted by Crippen LogP contribution is 2.41. The summed E-state index contributed by atoms with van der Waals surface area (Å²) in [6, 6.07) is 0. The summed E-state index contributed by atoms with van der Waals surface area (Å²) in [5, 5.41) is 3.50. The van der Waals surface area contributed by atoms with E-state index >= 15 is 0 Å².